The standard InChI is InChI=1S/C23H31N2O2/c1-24-23(15-18-16-25-14-11-20(18)23)17-27-21(26)22(12-7-2-3-8-13-22)19-9-5-4-6-10-19/h1,4-6,9-10,18,20,25H,2-3,7-8,11-17H2/q+1. The van der Waals surface area contributed by atoms with Crippen molar-refractivity contribution in [3.05, 3.63) is 40.7 Å². The van der Waals surface area contributed by atoms with E-state index < -0.39 is 5.41 Å². The average molecular weight is 368 g/mol. The molecule has 1 aliphatic heterocycles. The first-order chi connectivity index (χ1) is 13.2. The number of esters is 1. The summed E-state index contributed by atoms with van der Waals surface area (Å²) in [6.45, 7) is 8.19. The predicted octanol–water partition coefficient (Wildman–Crippen LogP) is 4.15. The summed E-state index contributed by atoms with van der Waals surface area (Å²) in [5.74, 6) is 0.986. The highest BCUT2D eigenvalue weighted by molar-refractivity contribution is 5.83. The number of carbonyl (C=O) groups excluding carboxylic acids is 1. The molecule has 3 fully saturated rings. The van der Waals surface area contributed by atoms with Gasteiger partial charge in [0.05, 0.1) is 11.3 Å². The largest absolute Gasteiger partial charge is 0.456 e. The third-order valence-corrected chi connectivity index (χ3v) is 7.30. The second kappa shape index (κ2) is 7.64. The Morgan fingerprint density at radius 3 is 2.59 bits per heavy atom. The van der Waals surface area contributed by atoms with Crippen molar-refractivity contribution in [2.45, 2.75) is 62.3 Å². The summed E-state index contributed by atoms with van der Waals surface area (Å²) in [5, 5.41) is 3.44. The van der Waals surface area contributed by atoms with Gasteiger partial charge in [0, 0.05) is 6.42 Å². The number of benzene rings is 1. The molecule has 3 aliphatic rings. The number of nitrogens with zero attached hydrogens (tertiary/aromatic N) is 1. The van der Waals surface area contributed by atoms with Crippen molar-refractivity contribution in [3.8, 4) is 6.57 Å². The van der Waals surface area contributed by atoms with Crippen LogP contribution in [-0.2, 0) is 14.9 Å². The van der Waals surface area contributed by atoms with Gasteiger partial charge in [-0.15, -0.1) is 0 Å². The fraction of sp³-hybridized carbons (Fsp3) is 0.652. The Hall–Kier alpha value is -1.86. The number of carbonyl (C=O) groups is 1. The van der Waals surface area contributed by atoms with Crippen molar-refractivity contribution in [1.29, 1.82) is 0 Å². The van der Waals surface area contributed by atoms with Gasteiger partial charge in [0.25, 0.3) is 6.57 Å². The molecule has 3 atom stereocenters. The van der Waals surface area contributed by atoms with E-state index >= 15 is 0 Å². The highest BCUT2D eigenvalue weighted by atomic mass is 16.5. The molecule has 0 spiro atoms. The Labute approximate surface area is 162 Å². The van der Waals surface area contributed by atoms with Gasteiger partial charge < -0.3 is 10.1 Å². The van der Waals surface area contributed by atoms with Gasteiger partial charge in [-0.25, -0.2) is 0 Å². The van der Waals surface area contributed by atoms with Gasteiger partial charge >= 0.3 is 11.5 Å². The van der Waals surface area contributed by atoms with Crippen LogP contribution in [0.1, 0.15) is 56.9 Å². The Bertz CT molecular complexity index is 703. The van der Waals surface area contributed by atoms with Crippen LogP contribution in [0.5, 0.6) is 0 Å². The lowest BCUT2D eigenvalue weighted by Gasteiger charge is -2.46. The van der Waals surface area contributed by atoms with Crippen molar-refractivity contribution in [1.82, 2.24) is 5.32 Å². The third-order valence-electron chi connectivity index (χ3n) is 7.30. The number of rotatable bonds is 4. The summed E-state index contributed by atoms with van der Waals surface area (Å²) < 4.78 is 6.01. The van der Waals surface area contributed by atoms with Gasteiger partial charge in [0.1, 0.15) is 0 Å². The van der Waals surface area contributed by atoms with Crippen LogP contribution in [0.3, 0.4) is 0 Å². The average Bonchev–Trinajstić information content (AvgIpc) is 2.97. The van der Waals surface area contributed by atoms with Crippen LogP contribution in [0, 0.1) is 18.4 Å². The molecule has 2 aliphatic carbocycles. The second-order valence-electron chi connectivity index (χ2n) is 8.73. The Morgan fingerprint density at radius 1 is 1.19 bits per heavy atom. The van der Waals surface area contributed by atoms with E-state index in [9.17, 15) is 4.79 Å². The normalized spacial score (nSPS) is 32.3. The number of fused-ring (bicyclic) bond motifs is 1. The van der Waals surface area contributed by atoms with Gasteiger partial charge in [0.2, 0.25) is 0 Å². The molecule has 0 bridgehead atoms. The first-order valence-electron chi connectivity index (χ1n) is 10.6. The van der Waals surface area contributed by atoms with Crippen LogP contribution in [0.15, 0.2) is 30.3 Å². The van der Waals surface area contributed by atoms with E-state index in [1.807, 2.05) is 18.2 Å². The minimum absolute atomic E-state index is 0.0731. The van der Waals surface area contributed by atoms with E-state index in [2.05, 4.69) is 22.3 Å². The zero-order valence-electron chi connectivity index (χ0n) is 16.2. The molecule has 0 amide bonds. The lowest BCUT2D eigenvalue weighted by molar-refractivity contribution is -0.156. The fourth-order valence-electron chi connectivity index (χ4n) is 5.67. The molecule has 2 saturated carbocycles. The van der Waals surface area contributed by atoms with Crippen LogP contribution in [0.25, 0.3) is 4.85 Å². The number of nitrogens with one attached hydrogen (secondary N) is 1. The highest BCUT2D eigenvalue weighted by Crippen LogP contribution is 2.50. The Balaban J connectivity index is 1.51. The molecule has 144 valence electrons. The molecular weight excluding hydrogens is 336 g/mol. The van der Waals surface area contributed by atoms with E-state index in [0.717, 1.165) is 57.2 Å². The quantitative estimate of drug-likeness (QED) is 0.642. The zero-order chi connectivity index (χ0) is 18.7. The summed E-state index contributed by atoms with van der Waals surface area (Å²) in [7, 11) is 0. The predicted molar refractivity (Wildman–Crippen MR) is 107 cm³/mol. The molecule has 1 aromatic rings. The molecule has 1 saturated heterocycles. The topological polar surface area (TPSA) is 42.7 Å². The maximum Gasteiger partial charge on any atom is 0.317 e. The highest BCUT2D eigenvalue weighted by Gasteiger charge is 2.64. The molecule has 0 radical (unpaired) electrons. The lowest BCUT2D eigenvalue weighted by Crippen LogP contribution is -2.61. The zero-order valence-corrected chi connectivity index (χ0v) is 16.2. The van der Waals surface area contributed by atoms with Crippen molar-refractivity contribution in [2.75, 3.05) is 19.7 Å². The second-order valence-corrected chi connectivity index (χ2v) is 8.73. The first kappa shape index (κ1) is 18.5. The van der Waals surface area contributed by atoms with Crippen LogP contribution in [-0.4, -0.2) is 31.2 Å². The van der Waals surface area contributed by atoms with Crippen molar-refractivity contribution in [3.63, 3.8) is 0 Å². The molecule has 4 heteroatoms. The number of ether oxygens (including phenoxy) is 1. The Morgan fingerprint density at radius 2 is 1.93 bits per heavy atom. The summed E-state index contributed by atoms with van der Waals surface area (Å²) in [6.07, 6.45) is 8.28. The summed E-state index contributed by atoms with van der Waals surface area (Å²) in [5.41, 5.74) is 0.222. The van der Waals surface area contributed by atoms with Gasteiger partial charge in [-0.3, -0.25) is 4.79 Å². The van der Waals surface area contributed by atoms with E-state index in [4.69, 9.17) is 11.3 Å². The lowest BCUT2D eigenvalue weighted by atomic mass is 9.57. The minimum atomic E-state index is -0.509. The number of piperidine rings is 1. The molecule has 4 rings (SSSR count). The SMILES string of the molecule is C#[N+]C1(COC(=O)C2(c3ccccc3)CCCCCC2)CC2CNCCC21. The number of hydrogen-bond acceptors (Lipinski definition) is 3. The molecule has 27 heavy (non-hydrogen) atoms. The van der Waals surface area contributed by atoms with Crippen LogP contribution >= 0.6 is 0 Å². The smallest absolute Gasteiger partial charge is 0.317 e. The van der Waals surface area contributed by atoms with Gasteiger partial charge in [0.15, 0.2) is 6.61 Å². The summed E-state index contributed by atoms with van der Waals surface area (Å²) >= 11 is 0. The molecule has 1 heterocycles. The first-order valence-corrected chi connectivity index (χ1v) is 10.6. The molecule has 4 nitrogen and oxygen atoms in total. The molecule has 1 aromatic carbocycles. The van der Waals surface area contributed by atoms with E-state index in [0.29, 0.717) is 18.4 Å². The van der Waals surface area contributed by atoms with Crippen molar-refractivity contribution in [2.24, 2.45) is 11.8 Å². The maximum absolute atomic E-state index is 13.4. The van der Waals surface area contributed by atoms with E-state index in [1.165, 1.54) is 12.8 Å². The molecule has 0 aromatic heterocycles. The van der Waals surface area contributed by atoms with E-state index in [1.54, 1.807) is 0 Å². The fourth-order valence-corrected chi connectivity index (χ4v) is 5.67. The Kier molecular flexibility index (Phi) is 5.23. The van der Waals surface area contributed by atoms with Crippen LogP contribution < -0.4 is 5.32 Å². The third kappa shape index (κ3) is 3.27. The minimum Gasteiger partial charge on any atom is -0.456 e. The molecule has 3 unspecified atom stereocenters. The van der Waals surface area contributed by atoms with Crippen molar-refractivity contribution < 1.29 is 9.53 Å². The summed E-state index contributed by atoms with van der Waals surface area (Å²) in [6, 6.07) is 10.2. The summed E-state index contributed by atoms with van der Waals surface area (Å²) in [4.78, 5) is 17.7. The van der Waals surface area contributed by atoms with E-state index in [-0.39, 0.29) is 11.5 Å². The molecular formula is C23H31N2O2+. The number of hydrogen-bond donors (Lipinski definition) is 1. The maximum atomic E-state index is 13.4. The van der Waals surface area contributed by atoms with Crippen LogP contribution in [0.2, 0.25) is 0 Å². The van der Waals surface area contributed by atoms with Crippen LogP contribution in [0.4, 0.5) is 0 Å². The van der Waals surface area contributed by atoms with Gasteiger partial charge in [-0.05, 0) is 43.8 Å². The monoisotopic (exact) mass is 367 g/mol. The van der Waals surface area contributed by atoms with Gasteiger partial charge in [-0.1, -0.05) is 60.9 Å². The van der Waals surface area contributed by atoms with Crippen molar-refractivity contribution >= 4 is 5.97 Å². The van der Waals surface area contributed by atoms with Gasteiger partial charge in [-0.2, -0.15) is 0 Å². The molecule has 1 N–H and O–H groups in total.